The number of halogens is 2. The second-order valence-electron chi connectivity index (χ2n) is 11.0. The molecule has 2 aromatic heterocycles. The van der Waals surface area contributed by atoms with Gasteiger partial charge in [-0.1, -0.05) is 31.4 Å². The number of carbonyl (C=O) groups is 1. The number of amides is 1. The molecule has 2 atom stereocenters. The van der Waals surface area contributed by atoms with E-state index in [0.717, 1.165) is 0 Å². The molecule has 0 bridgehead atoms. The van der Waals surface area contributed by atoms with Gasteiger partial charge in [0.05, 0.1) is 42.1 Å². The van der Waals surface area contributed by atoms with Gasteiger partial charge in [0.1, 0.15) is 11.3 Å². The fourth-order valence-electron chi connectivity index (χ4n) is 4.11. The first-order valence-electron chi connectivity index (χ1n) is 13.0. The van der Waals surface area contributed by atoms with Crippen molar-refractivity contribution < 1.29 is 23.8 Å². The van der Waals surface area contributed by atoms with E-state index in [1.165, 1.54) is 12.4 Å². The van der Waals surface area contributed by atoms with Gasteiger partial charge in [0.15, 0.2) is 0 Å². The predicted octanol–water partition coefficient (Wildman–Crippen LogP) is 4.89. The summed E-state index contributed by atoms with van der Waals surface area (Å²) in [5.74, 6) is 5.14. The van der Waals surface area contributed by atoms with E-state index in [1.807, 2.05) is 27.7 Å². The van der Waals surface area contributed by atoms with Crippen molar-refractivity contribution in [2.45, 2.75) is 91.1 Å². The molecule has 2 aromatic rings. The maximum absolute atomic E-state index is 15.1. The van der Waals surface area contributed by atoms with Crippen LogP contribution in [-0.2, 0) is 16.0 Å². The zero-order valence-corrected chi connectivity index (χ0v) is 24.3. The van der Waals surface area contributed by atoms with Gasteiger partial charge in [-0.3, -0.25) is 0 Å². The van der Waals surface area contributed by atoms with Crippen molar-refractivity contribution in [2.24, 2.45) is 0 Å². The summed E-state index contributed by atoms with van der Waals surface area (Å²) >= 11 is 6.31. The fraction of sp³-hybridized carbons (Fsp3) is 0.571. The van der Waals surface area contributed by atoms with Gasteiger partial charge in [-0.2, -0.15) is 4.39 Å². The minimum Gasteiger partial charge on any atom is -0.444 e. The number of nitrogens with zero attached hydrogens (tertiary/aromatic N) is 4. The average Bonchev–Trinajstić information content (AvgIpc) is 2.83. The van der Waals surface area contributed by atoms with Crippen molar-refractivity contribution in [3.05, 3.63) is 45.7 Å². The van der Waals surface area contributed by atoms with Crippen molar-refractivity contribution in [2.75, 3.05) is 18.5 Å². The van der Waals surface area contributed by atoms with Gasteiger partial charge in [-0.15, -0.1) is 0 Å². The maximum Gasteiger partial charge on any atom is 0.410 e. The number of aliphatic hydroxyl groups excluding tert-OH is 1. The first-order chi connectivity index (χ1) is 18.3. The Hall–Kier alpha value is -3.00. The van der Waals surface area contributed by atoms with E-state index in [-0.39, 0.29) is 53.4 Å². The largest absolute Gasteiger partial charge is 0.444 e. The number of ether oxygens (including phenoxy) is 2. The van der Waals surface area contributed by atoms with Crippen LogP contribution < -0.4 is 5.32 Å². The number of hydrogen-bond acceptors (Lipinski definition) is 8. The Balaban J connectivity index is 1.96. The van der Waals surface area contributed by atoms with Crippen LogP contribution >= 0.6 is 11.6 Å². The molecule has 1 fully saturated rings. The molecule has 39 heavy (non-hydrogen) atoms. The number of pyridine rings is 1. The van der Waals surface area contributed by atoms with Gasteiger partial charge >= 0.3 is 6.09 Å². The summed E-state index contributed by atoms with van der Waals surface area (Å²) in [5.41, 5.74) is 0.959. The van der Waals surface area contributed by atoms with Crippen molar-refractivity contribution in [1.29, 1.82) is 0 Å². The van der Waals surface area contributed by atoms with Gasteiger partial charge < -0.3 is 24.8 Å². The summed E-state index contributed by atoms with van der Waals surface area (Å²) in [6.45, 7) is 14.0. The van der Waals surface area contributed by atoms with E-state index in [2.05, 4.69) is 32.1 Å². The Bertz CT molecular complexity index is 1240. The molecule has 0 radical (unpaired) electrons. The zero-order chi connectivity index (χ0) is 28.9. The third kappa shape index (κ3) is 8.24. The molecule has 9 nitrogen and oxygen atoms in total. The Labute approximate surface area is 234 Å². The van der Waals surface area contributed by atoms with E-state index < -0.39 is 23.7 Å². The van der Waals surface area contributed by atoms with Gasteiger partial charge in [-0.25, -0.2) is 19.7 Å². The van der Waals surface area contributed by atoms with Crippen molar-refractivity contribution in [3.8, 4) is 11.8 Å². The van der Waals surface area contributed by atoms with E-state index in [4.69, 9.17) is 21.1 Å². The highest BCUT2D eigenvalue weighted by atomic mass is 35.5. The highest BCUT2D eigenvalue weighted by molar-refractivity contribution is 6.31. The highest BCUT2D eigenvalue weighted by Crippen LogP contribution is 2.27. The number of anilines is 1. The molecule has 1 aliphatic heterocycles. The quantitative estimate of drug-likeness (QED) is 0.379. The fourth-order valence-corrected chi connectivity index (χ4v) is 4.25. The summed E-state index contributed by atoms with van der Waals surface area (Å²) in [6, 6.07) is -0.445. The Morgan fingerprint density at radius 2 is 2.00 bits per heavy atom. The molecule has 0 unspecified atom stereocenters. The standard InChI is InChI=1S/C28H37ClFN5O4/c1-16(2)24-18(14-35(17(3)4)27(37)39-28(5,6)7)12-31-25(30)19(24)8-9-21-20(29)13-32-26(33-21)34-22-10-11-38-15-23(22)36/h12-13,16-17,22-23,36H,10-11,14-15H2,1-7H3,(H,32,33,34)/t22-,23-/m1/s1. The number of aliphatic hydroxyl groups is 1. The van der Waals surface area contributed by atoms with Crippen molar-refractivity contribution >= 4 is 23.6 Å². The maximum atomic E-state index is 15.1. The summed E-state index contributed by atoms with van der Waals surface area (Å²) in [6.07, 6.45) is 2.27. The summed E-state index contributed by atoms with van der Waals surface area (Å²) < 4.78 is 25.9. The van der Waals surface area contributed by atoms with E-state index in [0.29, 0.717) is 24.2 Å². The molecule has 0 spiro atoms. The lowest BCUT2D eigenvalue weighted by Gasteiger charge is -2.31. The van der Waals surface area contributed by atoms with Gasteiger partial charge in [-0.05, 0) is 64.0 Å². The number of aromatic nitrogens is 3. The third-order valence-electron chi connectivity index (χ3n) is 6.02. The van der Waals surface area contributed by atoms with Crippen LogP contribution in [0.25, 0.3) is 0 Å². The molecule has 1 saturated heterocycles. The van der Waals surface area contributed by atoms with E-state index in [1.54, 1.807) is 25.7 Å². The lowest BCUT2D eigenvalue weighted by atomic mass is 9.93. The summed E-state index contributed by atoms with van der Waals surface area (Å²) in [4.78, 5) is 27.0. The SMILES string of the molecule is CC(C)c1c(CN(C(=O)OC(C)(C)C)C(C)C)cnc(F)c1C#Cc1nc(N[C@@H]2CCOC[C@H]2O)ncc1Cl. The molecular weight excluding hydrogens is 525 g/mol. The van der Waals surface area contributed by atoms with E-state index in [9.17, 15) is 9.90 Å². The molecule has 1 aliphatic rings. The Morgan fingerprint density at radius 3 is 2.62 bits per heavy atom. The van der Waals surface area contributed by atoms with Crippen LogP contribution in [0.2, 0.25) is 5.02 Å². The molecule has 0 saturated carbocycles. The molecule has 1 amide bonds. The third-order valence-corrected chi connectivity index (χ3v) is 6.29. The minimum absolute atomic E-state index is 0.111. The first-order valence-corrected chi connectivity index (χ1v) is 13.4. The number of carbonyl (C=O) groups excluding carboxylic acids is 1. The molecule has 3 heterocycles. The highest BCUT2D eigenvalue weighted by Gasteiger charge is 2.27. The number of nitrogens with one attached hydrogen (secondary N) is 1. The molecule has 212 valence electrons. The Morgan fingerprint density at radius 1 is 1.28 bits per heavy atom. The van der Waals surface area contributed by atoms with E-state index >= 15 is 4.39 Å². The second-order valence-corrected chi connectivity index (χ2v) is 11.4. The van der Waals surface area contributed by atoms with Gasteiger partial charge in [0.2, 0.25) is 11.9 Å². The van der Waals surface area contributed by atoms with Crippen LogP contribution in [0.4, 0.5) is 15.1 Å². The van der Waals surface area contributed by atoms with Gasteiger partial charge in [0.25, 0.3) is 0 Å². The monoisotopic (exact) mass is 561 g/mol. The number of rotatable bonds is 6. The van der Waals surface area contributed by atoms with Crippen LogP contribution in [0.15, 0.2) is 12.4 Å². The second kappa shape index (κ2) is 12.9. The minimum atomic E-state index is -0.725. The van der Waals surface area contributed by atoms with Crippen LogP contribution in [0.1, 0.15) is 83.2 Å². The molecule has 2 N–H and O–H groups in total. The summed E-state index contributed by atoms with van der Waals surface area (Å²) in [7, 11) is 0. The van der Waals surface area contributed by atoms with Gasteiger partial charge in [0, 0.05) is 18.8 Å². The smallest absolute Gasteiger partial charge is 0.410 e. The first kappa shape index (κ1) is 30.5. The van der Waals surface area contributed by atoms with Crippen LogP contribution in [-0.4, -0.2) is 68.1 Å². The summed E-state index contributed by atoms with van der Waals surface area (Å²) in [5, 5.41) is 13.4. The van der Waals surface area contributed by atoms with Crippen molar-refractivity contribution in [1.82, 2.24) is 19.9 Å². The number of hydrogen-bond donors (Lipinski definition) is 2. The molecular formula is C28H37ClFN5O4. The van der Waals surface area contributed by atoms with Crippen LogP contribution in [0.5, 0.6) is 0 Å². The predicted molar refractivity (Wildman–Crippen MR) is 147 cm³/mol. The average molecular weight is 562 g/mol. The Kier molecular flexibility index (Phi) is 10.1. The van der Waals surface area contributed by atoms with Crippen molar-refractivity contribution in [3.63, 3.8) is 0 Å². The molecule has 0 aromatic carbocycles. The van der Waals surface area contributed by atoms with Crippen LogP contribution in [0, 0.1) is 17.8 Å². The lowest BCUT2D eigenvalue weighted by molar-refractivity contribution is -0.0136. The molecule has 11 heteroatoms. The normalized spacial score (nSPS) is 17.5. The lowest BCUT2D eigenvalue weighted by Crippen LogP contribution is -2.42. The molecule has 0 aliphatic carbocycles. The molecule has 3 rings (SSSR count). The van der Waals surface area contributed by atoms with Crippen LogP contribution in [0.3, 0.4) is 0 Å². The topological polar surface area (TPSA) is 110 Å². The zero-order valence-electron chi connectivity index (χ0n) is 23.5.